The molecular formula is C23H26FN3O2. The van der Waals surface area contributed by atoms with Crippen molar-refractivity contribution in [3.63, 3.8) is 0 Å². The van der Waals surface area contributed by atoms with Crippen LogP contribution in [0.25, 0.3) is 11.0 Å². The molecule has 4 rings (SSSR count). The summed E-state index contributed by atoms with van der Waals surface area (Å²) in [7, 11) is 0. The monoisotopic (exact) mass is 395 g/mol. The highest BCUT2D eigenvalue weighted by atomic mass is 19.1. The Hall–Kier alpha value is -2.86. The van der Waals surface area contributed by atoms with E-state index in [9.17, 15) is 9.18 Å². The second kappa shape index (κ2) is 8.66. The number of carbonyl (C=O) groups is 1. The van der Waals surface area contributed by atoms with Gasteiger partial charge in [-0.05, 0) is 49.6 Å². The molecule has 152 valence electrons. The molecule has 3 aromatic rings. The Labute approximate surface area is 169 Å². The number of para-hydroxylation sites is 1. The molecule has 2 heterocycles. The largest absolute Gasteiger partial charge is 0.459 e. The Kier molecular flexibility index (Phi) is 5.81. The molecule has 1 unspecified atom stereocenters. The standard InChI is InChI=1S/C23H26FN3O2/c1-16(22-14-18-4-2-3-5-21(18)29-22)25-23(28)26-20-10-12-27(13-11-20)15-17-6-8-19(24)9-7-17/h2-9,14,16,20H,10-13,15H2,1H3,(H2,25,26,28). The van der Waals surface area contributed by atoms with Crippen molar-refractivity contribution in [3.8, 4) is 0 Å². The van der Waals surface area contributed by atoms with Gasteiger partial charge in [-0.2, -0.15) is 0 Å². The van der Waals surface area contributed by atoms with Crippen molar-refractivity contribution in [2.45, 2.75) is 38.4 Å². The third kappa shape index (κ3) is 4.95. The fourth-order valence-electron chi connectivity index (χ4n) is 3.79. The lowest BCUT2D eigenvalue weighted by molar-refractivity contribution is 0.185. The van der Waals surface area contributed by atoms with Crippen molar-refractivity contribution < 1.29 is 13.6 Å². The maximum absolute atomic E-state index is 13.0. The fourth-order valence-corrected chi connectivity index (χ4v) is 3.79. The molecule has 1 aromatic heterocycles. The van der Waals surface area contributed by atoms with E-state index in [1.54, 1.807) is 0 Å². The van der Waals surface area contributed by atoms with Crippen LogP contribution in [-0.4, -0.2) is 30.1 Å². The third-order valence-electron chi connectivity index (χ3n) is 5.46. The van der Waals surface area contributed by atoms with Gasteiger partial charge in [0.05, 0.1) is 6.04 Å². The quantitative estimate of drug-likeness (QED) is 0.664. The molecule has 29 heavy (non-hydrogen) atoms. The van der Waals surface area contributed by atoms with Crippen LogP contribution in [0.15, 0.2) is 59.0 Å². The Morgan fingerprint density at radius 1 is 1.17 bits per heavy atom. The molecule has 0 radical (unpaired) electrons. The number of rotatable bonds is 5. The minimum absolute atomic E-state index is 0.155. The summed E-state index contributed by atoms with van der Waals surface area (Å²) in [6.07, 6.45) is 1.79. The van der Waals surface area contributed by atoms with Gasteiger partial charge in [0.15, 0.2) is 0 Å². The summed E-state index contributed by atoms with van der Waals surface area (Å²) in [5.41, 5.74) is 1.93. The van der Waals surface area contributed by atoms with Crippen LogP contribution in [0.2, 0.25) is 0 Å². The highest BCUT2D eigenvalue weighted by Crippen LogP contribution is 2.23. The second-order valence-corrected chi connectivity index (χ2v) is 7.70. The van der Waals surface area contributed by atoms with Gasteiger partial charge in [0.1, 0.15) is 17.2 Å². The average Bonchev–Trinajstić information content (AvgIpc) is 3.16. The second-order valence-electron chi connectivity index (χ2n) is 7.70. The zero-order valence-corrected chi connectivity index (χ0v) is 16.5. The van der Waals surface area contributed by atoms with Crippen molar-refractivity contribution in [2.75, 3.05) is 13.1 Å². The van der Waals surface area contributed by atoms with E-state index >= 15 is 0 Å². The van der Waals surface area contributed by atoms with Crippen LogP contribution >= 0.6 is 0 Å². The molecule has 2 aromatic carbocycles. The number of piperidine rings is 1. The molecule has 0 bridgehead atoms. The molecule has 1 aliphatic heterocycles. The SMILES string of the molecule is CC(NC(=O)NC1CCN(Cc2ccc(F)cc2)CC1)c1cc2ccccc2o1. The minimum atomic E-state index is -0.209. The lowest BCUT2D eigenvalue weighted by atomic mass is 10.0. The molecule has 0 aliphatic carbocycles. The number of likely N-dealkylation sites (tertiary alicyclic amines) is 1. The zero-order valence-electron chi connectivity index (χ0n) is 16.5. The van der Waals surface area contributed by atoms with Crippen molar-refractivity contribution in [1.29, 1.82) is 0 Å². The average molecular weight is 395 g/mol. The number of fused-ring (bicyclic) bond motifs is 1. The Bertz CT molecular complexity index is 929. The van der Waals surface area contributed by atoms with E-state index in [0.717, 1.165) is 54.8 Å². The van der Waals surface area contributed by atoms with Gasteiger partial charge in [0.2, 0.25) is 0 Å². The van der Waals surface area contributed by atoms with E-state index < -0.39 is 0 Å². The van der Waals surface area contributed by atoms with Crippen LogP contribution in [0.3, 0.4) is 0 Å². The van der Waals surface area contributed by atoms with Gasteiger partial charge in [-0.15, -0.1) is 0 Å². The number of hydrogen-bond donors (Lipinski definition) is 2. The number of nitrogens with one attached hydrogen (secondary N) is 2. The molecule has 1 aliphatic rings. The summed E-state index contributed by atoms with van der Waals surface area (Å²) in [5, 5.41) is 7.08. The maximum Gasteiger partial charge on any atom is 0.315 e. The fraction of sp³-hybridized carbons (Fsp3) is 0.348. The lowest BCUT2D eigenvalue weighted by Crippen LogP contribution is -2.48. The molecule has 1 atom stereocenters. The first-order chi connectivity index (χ1) is 14.1. The van der Waals surface area contributed by atoms with Gasteiger partial charge in [0, 0.05) is 31.1 Å². The van der Waals surface area contributed by atoms with Crippen LogP contribution in [0.5, 0.6) is 0 Å². The van der Waals surface area contributed by atoms with Crippen molar-refractivity contribution in [1.82, 2.24) is 15.5 Å². The first kappa shape index (κ1) is 19.5. The lowest BCUT2D eigenvalue weighted by Gasteiger charge is -2.32. The summed E-state index contributed by atoms with van der Waals surface area (Å²) in [6.45, 7) is 4.54. The zero-order chi connectivity index (χ0) is 20.2. The molecule has 0 spiro atoms. The van der Waals surface area contributed by atoms with Crippen molar-refractivity contribution >= 4 is 17.0 Å². The van der Waals surface area contributed by atoms with E-state index in [1.807, 2.05) is 49.4 Å². The number of carbonyl (C=O) groups excluding carboxylic acids is 1. The summed E-state index contributed by atoms with van der Waals surface area (Å²) < 4.78 is 18.9. The summed E-state index contributed by atoms with van der Waals surface area (Å²) in [6, 6.07) is 16.2. The van der Waals surface area contributed by atoms with Gasteiger partial charge in [-0.3, -0.25) is 4.90 Å². The van der Waals surface area contributed by atoms with Gasteiger partial charge < -0.3 is 15.1 Å². The topological polar surface area (TPSA) is 57.5 Å². The van der Waals surface area contributed by atoms with Crippen LogP contribution < -0.4 is 10.6 Å². The predicted molar refractivity (Wildman–Crippen MR) is 111 cm³/mol. The molecule has 6 heteroatoms. The smallest absolute Gasteiger partial charge is 0.315 e. The van der Waals surface area contributed by atoms with E-state index in [4.69, 9.17) is 4.42 Å². The number of furan rings is 1. The van der Waals surface area contributed by atoms with Crippen LogP contribution in [0, 0.1) is 5.82 Å². The maximum atomic E-state index is 13.0. The normalized spacial score (nSPS) is 16.6. The number of halogens is 1. The number of benzene rings is 2. The Morgan fingerprint density at radius 3 is 2.62 bits per heavy atom. The number of amides is 2. The summed E-state index contributed by atoms with van der Waals surface area (Å²) >= 11 is 0. The predicted octanol–water partition coefficient (Wildman–Crippen LogP) is 4.60. The molecule has 1 fully saturated rings. The van der Waals surface area contributed by atoms with E-state index in [-0.39, 0.29) is 23.9 Å². The first-order valence-electron chi connectivity index (χ1n) is 10.1. The van der Waals surface area contributed by atoms with Gasteiger partial charge in [-0.25, -0.2) is 9.18 Å². The van der Waals surface area contributed by atoms with Crippen LogP contribution in [0.4, 0.5) is 9.18 Å². The minimum Gasteiger partial charge on any atom is -0.459 e. The summed E-state index contributed by atoms with van der Waals surface area (Å²) in [5.74, 6) is 0.537. The molecular weight excluding hydrogens is 369 g/mol. The third-order valence-corrected chi connectivity index (χ3v) is 5.46. The Morgan fingerprint density at radius 2 is 1.90 bits per heavy atom. The van der Waals surface area contributed by atoms with Gasteiger partial charge >= 0.3 is 6.03 Å². The van der Waals surface area contributed by atoms with Crippen molar-refractivity contribution in [2.24, 2.45) is 0 Å². The van der Waals surface area contributed by atoms with Gasteiger partial charge in [-0.1, -0.05) is 30.3 Å². The van der Waals surface area contributed by atoms with E-state index in [2.05, 4.69) is 15.5 Å². The Balaban J connectivity index is 1.23. The van der Waals surface area contributed by atoms with E-state index in [1.165, 1.54) is 12.1 Å². The molecule has 0 saturated carbocycles. The highest BCUT2D eigenvalue weighted by molar-refractivity contribution is 5.78. The number of urea groups is 1. The molecule has 2 N–H and O–H groups in total. The first-order valence-corrected chi connectivity index (χ1v) is 10.1. The van der Waals surface area contributed by atoms with E-state index in [0.29, 0.717) is 0 Å². The molecule has 2 amide bonds. The number of nitrogens with zero attached hydrogens (tertiary/aromatic N) is 1. The molecule has 5 nitrogen and oxygen atoms in total. The van der Waals surface area contributed by atoms with Crippen molar-refractivity contribution in [3.05, 3.63) is 71.7 Å². The van der Waals surface area contributed by atoms with Gasteiger partial charge in [0.25, 0.3) is 0 Å². The van der Waals surface area contributed by atoms with Crippen LogP contribution in [-0.2, 0) is 6.54 Å². The highest BCUT2D eigenvalue weighted by Gasteiger charge is 2.22. The molecule has 1 saturated heterocycles. The summed E-state index contributed by atoms with van der Waals surface area (Å²) in [4.78, 5) is 14.7. The number of hydrogen-bond acceptors (Lipinski definition) is 3. The van der Waals surface area contributed by atoms with Crippen LogP contribution in [0.1, 0.15) is 37.1 Å².